The highest BCUT2D eigenvalue weighted by molar-refractivity contribution is 7.11. The molecular weight excluding hydrogens is 400 g/mol. The minimum atomic E-state index is 0.0276. The van der Waals surface area contributed by atoms with Gasteiger partial charge in [0, 0.05) is 50.3 Å². The van der Waals surface area contributed by atoms with Crippen molar-refractivity contribution in [1.82, 2.24) is 20.1 Å². The maximum atomic E-state index is 12.5. The Morgan fingerprint density at radius 3 is 2.50 bits per heavy atom. The van der Waals surface area contributed by atoms with E-state index in [1.54, 1.807) is 24.6 Å². The fraction of sp³-hybridized carbons (Fsp3) is 0.545. The molecule has 2 aliphatic rings. The molecule has 0 saturated carbocycles. The Hall–Kier alpha value is -2.32. The van der Waals surface area contributed by atoms with Crippen LogP contribution in [0.25, 0.3) is 0 Å². The number of nitrogens with zero attached hydrogens (tertiary/aromatic N) is 3. The van der Waals surface area contributed by atoms with Crippen molar-refractivity contribution in [3.8, 4) is 10.9 Å². The SMILES string of the molecule is COc1ccc(CNC(=O)N2CCC(N3CCC(Oc4nccs4)CC3)CC2)cc1. The molecule has 3 heterocycles. The molecule has 7 nitrogen and oxygen atoms in total. The van der Waals surface area contributed by atoms with E-state index in [2.05, 4.69) is 15.2 Å². The summed E-state index contributed by atoms with van der Waals surface area (Å²) < 4.78 is 11.1. The number of nitrogens with one attached hydrogen (secondary N) is 1. The fourth-order valence-corrected chi connectivity index (χ4v) is 4.79. The van der Waals surface area contributed by atoms with E-state index >= 15 is 0 Å². The van der Waals surface area contributed by atoms with E-state index in [1.807, 2.05) is 34.5 Å². The number of aromatic nitrogens is 1. The van der Waals surface area contributed by atoms with Crippen LogP contribution in [0.15, 0.2) is 35.8 Å². The van der Waals surface area contributed by atoms with Gasteiger partial charge in [0.05, 0.1) is 7.11 Å². The highest BCUT2D eigenvalue weighted by Crippen LogP contribution is 2.24. The van der Waals surface area contributed by atoms with Crippen LogP contribution >= 0.6 is 11.3 Å². The first kappa shape index (κ1) is 20.9. The van der Waals surface area contributed by atoms with Gasteiger partial charge in [-0.2, -0.15) is 0 Å². The number of carbonyl (C=O) groups is 1. The van der Waals surface area contributed by atoms with Gasteiger partial charge in [0.1, 0.15) is 11.9 Å². The lowest BCUT2D eigenvalue weighted by Crippen LogP contribution is -2.51. The molecule has 0 atom stereocenters. The topological polar surface area (TPSA) is 66.9 Å². The largest absolute Gasteiger partial charge is 0.497 e. The fourth-order valence-electron chi connectivity index (χ4n) is 4.24. The Balaban J connectivity index is 1.16. The van der Waals surface area contributed by atoms with Gasteiger partial charge in [0.25, 0.3) is 5.19 Å². The summed E-state index contributed by atoms with van der Waals surface area (Å²) in [5.41, 5.74) is 1.07. The zero-order chi connectivity index (χ0) is 20.8. The van der Waals surface area contributed by atoms with Gasteiger partial charge in [0.15, 0.2) is 0 Å². The van der Waals surface area contributed by atoms with Crippen LogP contribution < -0.4 is 14.8 Å². The molecule has 4 rings (SSSR count). The number of benzene rings is 1. The molecule has 1 aromatic heterocycles. The van der Waals surface area contributed by atoms with E-state index in [4.69, 9.17) is 9.47 Å². The summed E-state index contributed by atoms with van der Waals surface area (Å²) in [6, 6.07) is 8.38. The number of ether oxygens (including phenoxy) is 2. The lowest BCUT2D eigenvalue weighted by atomic mass is 9.99. The lowest BCUT2D eigenvalue weighted by Gasteiger charge is -2.41. The highest BCUT2D eigenvalue weighted by Gasteiger charge is 2.30. The van der Waals surface area contributed by atoms with Gasteiger partial charge >= 0.3 is 6.03 Å². The Labute approximate surface area is 182 Å². The second-order valence-corrected chi connectivity index (χ2v) is 8.73. The smallest absolute Gasteiger partial charge is 0.317 e. The lowest BCUT2D eigenvalue weighted by molar-refractivity contribution is 0.0534. The molecule has 162 valence electrons. The van der Waals surface area contributed by atoms with E-state index in [1.165, 1.54) is 0 Å². The summed E-state index contributed by atoms with van der Waals surface area (Å²) in [5.74, 6) is 0.825. The molecule has 0 aliphatic carbocycles. The van der Waals surface area contributed by atoms with Crippen molar-refractivity contribution >= 4 is 17.4 Å². The first-order valence-electron chi connectivity index (χ1n) is 10.7. The average molecular weight is 431 g/mol. The maximum Gasteiger partial charge on any atom is 0.317 e. The molecule has 30 heavy (non-hydrogen) atoms. The summed E-state index contributed by atoms with van der Waals surface area (Å²) in [6.45, 7) is 4.29. The minimum absolute atomic E-state index is 0.0276. The third-order valence-corrected chi connectivity index (χ3v) is 6.69. The number of urea groups is 1. The third-order valence-electron chi connectivity index (χ3n) is 6.02. The first-order chi connectivity index (χ1) is 14.7. The zero-order valence-corrected chi connectivity index (χ0v) is 18.3. The number of hydrogen-bond acceptors (Lipinski definition) is 6. The molecule has 2 saturated heterocycles. The maximum absolute atomic E-state index is 12.5. The average Bonchev–Trinajstić information content (AvgIpc) is 3.31. The minimum Gasteiger partial charge on any atom is -0.497 e. The number of thiazole rings is 1. The van der Waals surface area contributed by atoms with Gasteiger partial charge in [-0.1, -0.05) is 23.5 Å². The van der Waals surface area contributed by atoms with Crippen molar-refractivity contribution in [3.05, 3.63) is 41.4 Å². The van der Waals surface area contributed by atoms with Gasteiger partial charge in [-0.25, -0.2) is 9.78 Å². The number of rotatable bonds is 6. The Kier molecular flexibility index (Phi) is 7.07. The summed E-state index contributed by atoms with van der Waals surface area (Å²) in [5, 5.41) is 5.77. The summed E-state index contributed by atoms with van der Waals surface area (Å²) in [7, 11) is 1.65. The van der Waals surface area contributed by atoms with E-state index in [0.29, 0.717) is 12.6 Å². The van der Waals surface area contributed by atoms with Crippen LogP contribution in [0.2, 0.25) is 0 Å². The Bertz CT molecular complexity index is 783. The van der Waals surface area contributed by atoms with Gasteiger partial charge in [-0.3, -0.25) is 4.90 Å². The van der Waals surface area contributed by atoms with Crippen LogP contribution in [0.1, 0.15) is 31.2 Å². The van der Waals surface area contributed by atoms with Gasteiger partial charge in [0.2, 0.25) is 0 Å². The van der Waals surface area contributed by atoms with Crippen LogP contribution in [-0.4, -0.2) is 66.2 Å². The number of methoxy groups -OCH3 is 1. The Morgan fingerprint density at radius 2 is 1.87 bits per heavy atom. The van der Waals surface area contributed by atoms with Crippen LogP contribution in [0, 0.1) is 0 Å². The number of hydrogen-bond donors (Lipinski definition) is 1. The van der Waals surface area contributed by atoms with Crippen molar-refractivity contribution in [2.45, 2.75) is 44.4 Å². The monoisotopic (exact) mass is 430 g/mol. The molecule has 2 amide bonds. The molecule has 8 heteroatoms. The highest BCUT2D eigenvalue weighted by atomic mass is 32.1. The predicted molar refractivity (Wildman–Crippen MR) is 117 cm³/mol. The van der Waals surface area contributed by atoms with E-state index in [9.17, 15) is 4.79 Å². The molecule has 0 radical (unpaired) electrons. The van der Waals surface area contributed by atoms with Gasteiger partial charge in [-0.15, -0.1) is 0 Å². The van der Waals surface area contributed by atoms with Crippen LogP contribution in [0.4, 0.5) is 4.79 Å². The predicted octanol–water partition coefficient (Wildman–Crippen LogP) is 3.37. The zero-order valence-electron chi connectivity index (χ0n) is 17.5. The summed E-state index contributed by atoms with van der Waals surface area (Å²) in [6.07, 6.45) is 6.22. The third kappa shape index (κ3) is 5.43. The molecule has 1 aromatic carbocycles. The molecule has 0 spiro atoms. The van der Waals surface area contributed by atoms with Crippen LogP contribution in [0.3, 0.4) is 0 Å². The van der Waals surface area contributed by atoms with Crippen molar-refractivity contribution in [1.29, 1.82) is 0 Å². The standard InChI is InChI=1S/C22H30N4O3S/c1-28-19-4-2-17(3-5-19)16-24-21(27)26-11-6-18(7-12-26)25-13-8-20(9-14-25)29-22-23-10-15-30-22/h2-5,10,15,18,20H,6-9,11-14,16H2,1H3,(H,24,27). The second kappa shape index (κ2) is 10.1. The van der Waals surface area contributed by atoms with E-state index in [0.717, 1.165) is 68.4 Å². The normalized spacial score (nSPS) is 18.9. The summed E-state index contributed by atoms with van der Waals surface area (Å²) in [4.78, 5) is 21.3. The molecule has 0 bridgehead atoms. The molecule has 2 fully saturated rings. The van der Waals surface area contributed by atoms with E-state index < -0.39 is 0 Å². The van der Waals surface area contributed by atoms with Gasteiger partial charge in [-0.05, 0) is 43.4 Å². The number of carbonyl (C=O) groups excluding carboxylic acids is 1. The van der Waals surface area contributed by atoms with E-state index in [-0.39, 0.29) is 12.1 Å². The first-order valence-corrected chi connectivity index (χ1v) is 11.5. The number of piperidine rings is 2. The molecule has 0 unspecified atom stereocenters. The molecule has 2 aromatic rings. The number of likely N-dealkylation sites (tertiary alicyclic amines) is 2. The molecule has 1 N–H and O–H groups in total. The molecular formula is C22H30N4O3S. The van der Waals surface area contributed by atoms with Crippen molar-refractivity contribution < 1.29 is 14.3 Å². The summed E-state index contributed by atoms with van der Waals surface area (Å²) >= 11 is 1.56. The van der Waals surface area contributed by atoms with Crippen molar-refractivity contribution in [2.75, 3.05) is 33.3 Å². The van der Waals surface area contributed by atoms with Crippen molar-refractivity contribution in [2.24, 2.45) is 0 Å². The number of amides is 2. The van der Waals surface area contributed by atoms with Gasteiger partial charge < -0.3 is 19.7 Å². The van der Waals surface area contributed by atoms with Crippen LogP contribution in [0.5, 0.6) is 10.9 Å². The Morgan fingerprint density at radius 1 is 1.13 bits per heavy atom. The van der Waals surface area contributed by atoms with Crippen LogP contribution in [-0.2, 0) is 6.54 Å². The quantitative estimate of drug-likeness (QED) is 0.761. The van der Waals surface area contributed by atoms with Crippen molar-refractivity contribution in [3.63, 3.8) is 0 Å². The molecule has 2 aliphatic heterocycles. The second-order valence-electron chi connectivity index (χ2n) is 7.88.